The van der Waals surface area contributed by atoms with Crippen molar-refractivity contribution in [2.45, 2.75) is 44.5 Å². The molecule has 5 heteroatoms. The van der Waals surface area contributed by atoms with Gasteiger partial charge in [0, 0.05) is 30.1 Å². The first-order valence-corrected chi connectivity index (χ1v) is 7.19. The molecule has 4 nitrogen and oxygen atoms in total. The summed E-state index contributed by atoms with van der Waals surface area (Å²) in [5, 5.41) is 2.98. The number of halogens is 1. The summed E-state index contributed by atoms with van der Waals surface area (Å²) in [6.07, 6.45) is 5.30. The van der Waals surface area contributed by atoms with E-state index in [9.17, 15) is 9.59 Å². The zero-order valence-electron chi connectivity index (χ0n) is 11.1. The summed E-state index contributed by atoms with van der Waals surface area (Å²) in [6.45, 7) is 2.49. The number of anilines is 1. The molecule has 0 spiro atoms. The summed E-state index contributed by atoms with van der Waals surface area (Å²) >= 11 is 6.10. The van der Waals surface area contributed by atoms with Gasteiger partial charge in [0.15, 0.2) is 0 Å². The average molecular weight is 283 g/mol. The second kappa shape index (κ2) is 6.24. The van der Waals surface area contributed by atoms with E-state index in [1.165, 1.54) is 6.07 Å². The first kappa shape index (κ1) is 14.1. The number of hydrogen-bond acceptors (Lipinski definition) is 2. The fourth-order valence-electron chi connectivity index (χ4n) is 2.47. The third-order valence-electron chi connectivity index (χ3n) is 3.57. The predicted octanol–water partition coefficient (Wildman–Crippen LogP) is 2.60. The quantitative estimate of drug-likeness (QED) is 0.867. The number of aromatic nitrogens is 1. The van der Waals surface area contributed by atoms with E-state index in [-0.39, 0.29) is 22.8 Å². The number of carbonyl (C=O) groups excluding carboxylic acids is 1. The van der Waals surface area contributed by atoms with Crippen molar-refractivity contribution in [1.82, 2.24) is 4.57 Å². The molecule has 19 heavy (non-hydrogen) atoms. The lowest BCUT2D eigenvalue weighted by Crippen LogP contribution is -2.29. The molecule has 0 bridgehead atoms. The highest BCUT2D eigenvalue weighted by Gasteiger charge is 2.26. The van der Waals surface area contributed by atoms with Crippen molar-refractivity contribution in [3.8, 4) is 0 Å². The smallest absolute Gasteiger partial charge is 0.250 e. The Hall–Kier alpha value is -1.29. The van der Waals surface area contributed by atoms with Crippen LogP contribution in [0.3, 0.4) is 0 Å². The molecule has 1 aliphatic carbocycles. The number of aryl methyl sites for hydroxylation is 1. The van der Waals surface area contributed by atoms with Crippen LogP contribution in [-0.4, -0.2) is 15.9 Å². The standard InChI is InChI=1S/C14H19ClN2O2/c1-2-17-9-12(6-7-13(17)18)16-14(19)10-4-3-5-11(15)8-10/h6-7,9-11H,2-5,8H2,1H3,(H,16,19)/t10-,11-/m1/s1. The van der Waals surface area contributed by atoms with Gasteiger partial charge in [0.25, 0.3) is 5.56 Å². The van der Waals surface area contributed by atoms with Crippen molar-refractivity contribution >= 4 is 23.2 Å². The van der Waals surface area contributed by atoms with E-state index in [1.807, 2.05) is 6.92 Å². The van der Waals surface area contributed by atoms with E-state index < -0.39 is 0 Å². The molecule has 1 N–H and O–H groups in total. The lowest BCUT2D eigenvalue weighted by molar-refractivity contribution is -0.120. The summed E-state index contributed by atoms with van der Waals surface area (Å²) in [6, 6.07) is 3.12. The van der Waals surface area contributed by atoms with Crippen LogP contribution >= 0.6 is 11.6 Å². The molecule has 2 rings (SSSR count). The van der Waals surface area contributed by atoms with Crippen molar-refractivity contribution in [1.29, 1.82) is 0 Å². The minimum atomic E-state index is -0.0565. The number of hydrogen-bond donors (Lipinski definition) is 1. The monoisotopic (exact) mass is 282 g/mol. The van der Waals surface area contributed by atoms with Gasteiger partial charge in [-0.2, -0.15) is 0 Å². The maximum absolute atomic E-state index is 12.1. The van der Waals surface area contributed by atoms with Gasteiger partial charge < -0.3 is 9.88 Å². The Bertz CT molecular complexity index is 512. The Morgan fingerprint density at radius 1 is 1.47 bits per heavy atom. The number of amides is 1. The second-order valence-corrected chi connectivity index (χ2v) is 5.61. The molecule has 1 amide bonds. The number of alkyl halides is 1. The molecule has 1 saturated carbocycles. The molecule has 2 atom stereocenters. The highest BCUT2D eigenvalue weighted by molar-refractivity contribution is 6.20. The first-order valence-electron chi connectivity index (χ1n) is 6.75. The van der Waals surface area contributed by atoms with Gasteiger partial charge in [0.05, 0.1) is 5.69 Å². The van der Waals surface area contributed by atoms with Crippen molar-refractivity contribution in [3.05, 3.63) is 28.7 Å². The second-order valence-electron chi connectivity index (χ2n) is 4.99. The molecule has 0 unspecified atom stereocenters. The van der Waals surface area contributed by atoms with Crippen molar-refractivity contribution in [2.75, 3.05) is 5.32 Å². The number of carbonyl (C=O) groups is 1. The SMILES string of the molecule is CCn1cc(NC(=O)[C@@H]2CCC[C@@H](Cl)C2)ccc1=O. The van der Waals surface area contributed by atoms with E-state index in [1.54, 1.807) is 16.8 Å². The van der Waals surface area contributed by atoms with Gasteiger partial charge in [-0.25, -0.2) is 0 Å². The van der Waals surface area contributed by atoms with Crippen LogP contribution in [0, 0.1) is 5.92 Å². The largest absolute Gasteiger partial charge is 0.325 e. The molecule has 1 fully saturated rings. The summed E-state index contributed by atoms with van der Waals surface area (Å²) in [5.74, 6) is -0.00935. The van der Waals surface area contributed by atoms with E-state index >= 15 is 0 Å². The fourth-order valence-corrected chi connectivity index (χ4v) is 2.83. The molecule has 1 aromatic heterocycles. The third-order valence-corrected chi connectivity index (χ3v) is 3.97. The summed E-state index contributed by atoms with van der Waals surface area (Å²) in [7, 11) is 0. The molecule has 1 heterocycles. The highest BCUT2D eigenvalue weighted by atomic mass is 35.5. The lowest BCUT2D eigenvalue weighted by Gasteiger charge is -2.24. The van der Waals surface area contributed by atoms with Crippen LogP contribution in [0.1, 0.15) is 32.6 Å². The Labute approximate surface area is 117 Å². The normalized spacial score (nSPS) is 23.1. The molecule has 0 radical (unpaired) electrons. The molecule has 0 saturated heterocycles. The van der Waals surface area contributed by atoms with Gasteiger partial charge in [0.1, 0.15) is 0 Å². The number of pyridine rings is 1. The molecule has 104 valence electrons. The lowest BCUT2D eigenvalue weighted by atomic mass is 9.88. The van der Waals surface area contributed by atoms with Gasteiger partial charge in [0.2, 0.25) is 5.91 Å². The summed E-state index contributed by atoms with van der Waals surface area (Å²) in [5.41, 5.74) is 0.613. The highest BCUT2D eigenvalue weighted by Crippen LogP contribution is 2.28. The molecule has 1 aliphatic rings. The summed E-state index contributed by atoms with van der Waals surface area (Å²) < 4.78 is 1.57. The Morgan fingerprint density at radius 2 is 2.26 bits per heavy atom. The van der Waals surface area contributed by atoms with Crippen molar-refractivity contribution < 1.29 is 4.79 Å². The fraction of sp³-hybridized carbons (Fsp3) is 0.571. The van der Waals surface area contributed by atoms with Gasteiger partial charge in [-0.15, -0.1) is 11.6 Å². The average Bonchev–Trinajstić information content (AvgIpc) is 2.41. The van der Waals surface area contributed by atoms with Crippen LogP contribution in [0.25, 0.3) is 0 Å². The molecular weight excluding hydrogens is 264 g/mol. The maximum Gasteiger partial charge on any atom is 0.250 e. The number of rotatable bonds is 3. The minimum Gasteiger partial charge on any atom is -0.325 e. The number of nitrogens with one attached hydrogen (secondary N) is 1. The van der Waals surface area contributed by atoms with E-state index in [2.05, 4.69) is 5.32 Å². The van der Waals surface area contributed by atoms with E-state index in [0.29, 0.717) is 12.2 Å². The first-order chi connectivity index (χ1) is 9.10. The van der Waals surface area contributed by atoms with Crippen LogP contribution in [0.5, 0.6) is 0 Å². The maximum atomic E-state index is 12.1. The Kier molecular flexibility index (Phi) is 4.64. The van der Waals surface area contributed by atoms with E-state index in [0.717, 1.165) is 25.7 Å². The van der Waals surface area contributed by atoms with Gasteiger partial charge >= 0.3 is 0 Å². The topological polar surface area (TPSA) is 51.1 Å². The molecule has 0 aromatic carbocycles. The third kappa shape index (κ3) is 3.60. The van der Waals surface area contributed by atoms with Gasteiger partial charge in [-0.05, 0) is 32.3 Å². The molecular formula is C14H19ClN2O2. The van der Waals surface area contributed by atoms with Crippen LogP contribution < -0.4 is 10.9 Å². The van der Waals surface area contributed by atoms with Crippen LogP contribution in [0.4, 0.5) is 5.69 Å². The van der Waals surface area contributed by atoms with Crippen molar-refractivity contribution in [2.24, 2.45) is 5.92 Å². The van der Waals surface area contributed by atoms with Crippen LogP contribution in [-0.2, 0) is 11.3 Å². The van der Waals surface area contributed by atoms with Crippen LogP contribution in [0.2, 0.25) is 0 Å². The zero-order chi connectivity index (χ0) is 13.8. The minimum absolute atomic E-state index is 0.00616. The van der Waals surface area contributed by atoms with E-state index in [4.69, 9.17) is 11.6 Å². The number of nitrogens with zero attached hydrogens (tertiary/aromatic N) is 1. The van der Waals surface area contributed by atoms with Crippen molar-refractivity contribution in [3.63, 3.8) is 0 Å². The molecule has 0 aliphatic heterocycles. The van der Waals surface area contributed by atoms with Crippen LogP contribution in [0.15, 0.2) is 23.1 Å². The summed E-state index contributed by atoms with van der Waals surface area (Å²) in [4.78, 5) is 23.6. The van der Waals surface area contributed by atoms with Gasteiger partial charge in [-0.3, -0.25) is 9.59 Å². The Balaban J connectivity index is 2.04. The van der Waals surface area contributed by atoms with Gasteiger partial charge in [-0.1, -0.05) is 6.42 Å². The molecule has 1 aromatic rings. The predicted molar refractivity (Wildman–Crippen MR) is 76.6 cm³/mol. The Morgan fingerprint density at radius 3 is 2.95 bits per heavy atom. The zero-order valence-corrected chi connectivity index (χ0v) is 11.8.